The lowest BCUT2D eigenvalue weighted by Crippen LogP contribution is -2.08. The Morgan fingerprint density at radius 3 is 2.79 bits per heavy atom. The number of benzene rings is 1. The molecule has 1 rings (SSSR count). The van der Waals surface area contributed by atoms with E-state index in [1.165, 1.54) is 6.07 Å². The Hall–Kier alpha value is -1.90. The smallest absolute Gasteiger partial charge is 0.338 e. The molecule has 3 heteroatoms. The molecule has 0 aliphatic carbocycles. The quantitative estimate of drug-likeness (QED) is 0.317. The van der Waals surface area contributed by atoms with Crippen LogP contribution in [0.1, 0.15) is 17.3 Å². The van der Waals surface area contributed by atoms with Crippen LogP contribution in [-0.4, -0.2) is 12.3 Å². The Morgan fingerprint density at radius 2 is 2.21 bits per heavy atom. The molecule has 3 nitrogen and oxygen atoms in total. The van der Waals surface area contributed by atoms with Crippen molar-refractivity contribution in [3.8, 4) is 5.75 Å². The summed E-state index contributed by atoms with van der Waals surface area (Å²) in [6, 6.07) is 6.37. The maximum atomic E-state index is 11.1. The summed E-state index contributed by atoms with van der Waals surface area (Å²) in [6.07, 6.45) is 0.693. The van der Waals surface area contributed by atoms with Crippen LogP contribution in [0.3, 0.4) is 0 Å². The lowest BCUT2D eigenvalue weighted by molar-refractivity contribution is -0.130. The van der Waals surface area contributed by atoms with E-state index < -0.39 is 5.97 Å². The number of ether oxygens (including phenoxy) is 1. The van der Waals surface area contributed by atoms with Crippen LogP contribution in [0.4, 0.5) is 0 Å². The van der Waals surface area contributed by atoms with Gasteiger partial charge < -0.3 is 4.74 Å². The molecule has 14 heavy (non-hydrogen) atoms. The van der Waals surface area contributed by atoms with Crippen molar-refractivity contribution in [1.82, 2.24) is 0 Å². The van der Waals surface area contributed by atoms with Crippen molar-refractivity contribution in [2.45, 2.75) is 6.92 Å². The monoisotopic (exact) mass is 190 g/mol. The SMILES string of the molecule is C=C(C)C(=O)Oc1cccc(C=O)c1. The standard InChI is InChI=1S/C11H10O3/c1-8(2)11(13)14-10-5-3-4-9(6-10)7-12/h3-7H,1H2,2H3. The van der Waals surface area contributed by atoms with E-state index in [4.69, 9.17) is 4.74 Å². The Morgan fingerprint density at radius 1 is 1.50 bits per heavy atom. The van der Waals surface area contributed by atoms with Gasteiger partial charge >= 0.3 is 5.97 Å². The van der Waals surface area contributed by atoms with Crippen LogP contribution in [0.5, 0.6) is 5.75 Å². The summed E-state index contributed by atoms with van der Waals surface area (Å²) in [4.78, 5) is 21.5. The summed E-state index contributed by atoms with van der Waals surface area (Å²) in [5, 5.41) is 0. The number of esters is 1. The van der Waals surface area contributed by atoms with Crippen molar-refractivity contribution in [2.24, 2.45) is 0 Å². The van der Waals surface area contributed by atoms with Crippen LogP contribution < -0.4 is 4.74 Å². The van der Waals surface area contributed by atoms with Crippen LogP contribution in [0, 0.1) is 0 Å². The van der Waals surface area contributed by atoms with E-state index in [1.54, 1.807) is 25.1 Å². The largest absolute Gasteiger partial charge is 0.423 e. The van der Waals surface area contributed by atoms with Gasteiger partial charge in [0.05, 0.1) is 0 Å². The molecule has 0 amide bonds. The molecule has 1 aromatic carbocycles. The number of rotatable bonds is 3. The fourth-order valence-corrected chi connectivity index (χ4v) is 0.845. The van der Waals surface area contributed by atoms with Gasteiger partial charge in [-0.2, -0.15) is 0 Å². The lowest BCUT2D eigenvalue weighted by atomic mass is 10.2. The van der Waals surface area contributed by atoms with Gasteiger partial charge in [-0.3, -0.25) is 4.79 Å². The third-order valence-electron chi connectivity index (χ3n) is 1.55. The molecule has 0 aromatic heterocycles. The molecule has 0 radical (unpaired) electrons. The molecule has 0 bridgehead atoms. The van der Waals surface area contributed by atoms with E-state index >= 15 is 0 Å². The van der Waals surface area contributed by atoms with Gasteiger partial charge in [0.1, 0.15) is 12.0 Å². The number of hydrogen-bond donors (Lipinski definition) is 0. The summed E-state index contributed by atoms with van der Waals surface area (Å²) in [5.74, 6) is -0.143. The first-order valence-electron chi connectivity index (χ1n) is 4.06. The van der Waals surface area contributed by atoms with E-state index in [0.29, 0.717) is 23.2 Å². The Balaban J connectivity index is 2.81. The maximum Gasteiger partial charge on any atom is 0.338 e. The van der Waals surface area contributed by atoms with E-state index in [1.807, 2.05) is 0 Å². The highest BCUT2D eigenvalue weighted by atomic mass is 16.5. The number of carbonyl (C=O) groups is 2. The molecule has 0 saturated carbocycles. The average Bonchev–Trinajstić information content (AvgIpc) is 2.18. The van der Waals surface area contributed by atoms with Crippen molar-refractivity contribution >= 4 is 12.3 Å². The first-order valence-corrected chi connectivity index (χ1v) is 4.06. The normalized spacial score (nSPS) is 9.21. The van der Waals surface area contributed by atoms with Gasteiger partial charge in [0.2, 0.25) is 0 Å². The molecule has 0 unspecified atom stereocenters. The van der Waals surface area contributed by atoms with Crippen molar-refractivity contribution in [2.75, 3.05) is 0 Å². The molecule has 0 spiro atoms. The fraction of sp³-hybridized carbons (Fsp3) is 0.0909. The summed E-state index contributed by atoms with van der Waals surface area (Å²) < 4.78 is 4.92. The van der Waals surface area contributed by atoms with Crippen LogP contribution in [0.25, 0.3) is 0 Å². The predicted molar refractivity (Wildman–Crippen MR) is 52.3 cm³/mol. The molecule has 0 fully saturated rings. The fourth-order valence-electron chi connectivity index (χ4n) is 0.845. The zero-order chi connectivity index (χ0) is 10.6. The first-order chi connectivity index (χ1) is 6.63. The Bertz CT molecular complexity index is 380. The van der Waals surface area contributed by atoms with Crippen LogP contribution in [0.2, 0.25) is 0 Å². The molecule has 0 atom stereocenters. The molecular formula is C11H10O3. The van der Waals surface area contributed by atoms with Gasteiger partial charge in [-0.25, -0.2) is 4.79 Å². The van der Waals surface area contributed by atoms with E-state index in [-0.39, 0.29) is 0 Å². The zero-order valence-corrected chi connectivity index (χ0v) is 7.82. The highest BCUT2D eigenvalue weighted by Gasteiger charge is 2.04. The molecule has 1 aromatic rings. The molecule has 0 aliphatic heterocycles. The minimum absolute atomic E-state index is 0.321. The summed E-state index contributed by atoms with van der Waals surface area (Å²) in [6.45, 7) is 5.01. The average molecular weight is 190 g/mol. The molecular weight excluding hydrogens is 180 g/mol. The summed E-state index contributed by atoms with van der Waals surface area (Å²) >= 11 is 0. The first kappa shape index (κ1) is 10.2. The molecule has 0 saturated heterocycles. The van der Waals surface area contributed by atoms with Gasteiger partial charge in [-0.05, 0) is 19.1 Å². The van der Waals surface area contributed by atoms with Crippen molar-refractivity contribution in [1.29, 1.82) is 0 Å². The van der Waals surface area contributed by atoms with E-state index in [2.05, 4.69) is 6.58 Å². The number of hydrogen-bond acceptors (Lipinski definition) is 3. The van der Waals surface area contributed by atoms with Gasteiger partial charge in [-0.1, -0.05) is 18.7 Å². The molecule has 0 heterocycles. The van der Waals surface area contributed by atoms with Gasteiger partial charge in [0.25, 0.3) is 0 Å². The van der Waals surface area contributed by atoms with Gasteiger partial charge in [0, 0.05) is 11.1 Å². The van der Waals surface area contributed by atoms with Crippen LogP contribution in [0.15, 0.2) is 36.4 Å². The minimum atomic E-state index is -0.493. The molecule has 0 aliphatic rings. The number of aldehydes is 1. The lowest BCUT2D eigenvalue weighted by Gasteiger charge is -2.03. The Labute approximate surface area is 82.0 Å². The molecule has 0 N–H and O–H groups in total. The van der Waals surface area contributed by atoms with Crippen LogP contribution in [-0.2, 0) is 4.79 Å². The second-order valence-corrected chi connectivity index (χ2v) is 2.86. The van der Waals surface area contributed by atoms with Gasteiger partial charge in [0.15, 0.2) is 0 Å². The highest BCUT2D eigenvalue weighted by molar-refractivity contribution is 5.89. The second kappa shape index (κ2) is 4.37. The highest BCUT2D eigenvalue weighted by Crippen LogP contribution is 2.13. The topological polar surface area (TPSA) is 43.4 Å². The summed E-state index contributed by atoms with van der Waals surface area (Å²) in [7, 11) is 0. The van der Waals surface area contributed by atoms with Crippen molar-refractivity contribution in [3.05, 3.63) is 42.0 Å². The van der Waals surface area contributed by atoms with E-state index in [9.17, 15) is 9.59 Å². The minimum Gasteiger partial charge on any atom is -0.423 e. The van der Waals surface area contributed by atoms with Crippen LogP contribution >= 0.6 is 0 Å². The third-order valence-corrected chi connectivity index (χ3v) is 1.55. The third kappa shape index (κ3) is 2.55. The summed E-state index contributed by atoms with van der Waals surface area (Å²) in [5.41, 5.74) is 0.790. The van der Waals surface area contributed by atoms with Crippen molar-refractivity contribution in [3.63, 3.8) is 0 Å². The van der Waals surface area contributed by atoms with E-state index in [0.717, 1.165) is 0 Å². The predicted octanol–water partition coefficient (Wildman–Crippen LogP) is 1.98. The maximum absolute atomic E-state index is 11.1. The molecule has 72 valence electrons. The Kier molecular flexibility index (Phi) is 3.18. The zero-order valence-electron chi connectivity index (χ0n) is 7.82. The number of carbonyl (C=O) groups excluding carboxylic acids is 2. The van der Waals surface area contributed by atoms with Gasteiger partial charge in [-0.15, -0.1) is 0 Å². The van der Waals surface area contributed by atoms with Crippen molar-refractivity contribution < 1.29 is 14.3 Å². The second-order valence-electron chi connectivity index (χ2n) is 2.86.